The van der Waals surface area contributed by atoms with Crippen molar-refractivity contribution >= 4 is 41.2 Å². The molecule has 0 bridgehead atoms. The fourth-order valence-corrected chi connectivity index (χ4v) is 4.05. The first kappa shape index (κ1) is 24.0. The second kappa shape index (κ2) is 10.0. The molecule has 3 aromatic carbocycles. The smallest absolute Gasteiger partial charge is 0.335 e. The fourth-order valence-electron chi connectivity index (χ4n) is 3.78. The summed E-state index contributed by atoms with van der Waals surface area (Å²) in [6.07, 6.45) is 1.37. The van der Waals surface area contributed by atoms with Gasteiger partial charge in [-0.25, -0.2) is 9.69 Å². The van der Waals surface area contributed by atoms with Crippen LogP contribution in [0.15, 0.2) is 66.2 Å². The highest BCUT2D eigenvalue weighted by atomic mass is 35.5. The molecule has 0 aromatic heterocycles. The number of para-hydroxylation sites is 1. The van der Waals surface area contributed by atoms with E-state index in [-0.39, 0.29) is 17.2 Å². The number of barbiturate groups is 1. The second-order valence-corrected chi connectivity index (χ2v) is 8.46. The molecule has 1 saturated heterocycles. The van der Waals surface area contributed by atoms with Crippen LogP contribution in [0.4, 0.5) is 10.5 Å². The van der Waals surface area contributed by atoms with Crippen molar-refractivity contribution in [3.05, 3.63) is 93.5 Å². The monoisotopic (exact) mass is 490 g/mol. The highest BCUT2D eigenvalue weighted by Crippen LogP contribution is 2.38. The van der Waals surface area contributed by atoms with Gasteiger partial charge in [0.15, 0.2) is 11.5 Å². The van der Waals surface area contributed by atoms with E-state index in [1.807, 2.05) is 31.2 Å². The predicted molar refractivity (Wildman–Crippen MR) is 134 cm³/mol. The highest BCUT2D eigenvalue weighted by molar-refractivity contribution is 6.39. The molecule has 178 valence electrons. The Kier molecular flexibility index (Phi) is 6.89. The molecule has 0 radical (unpaired) electrons. The minimum absolute atomic E-state index is 0.209. The quantitative estimate of drug-likeness (QED) is 0.378. The van der Waals surface area contributed by atoms with Crippen LogP contribution in [-0.4, -0.2) is 25.0 Å². The molecule has 4 rings (SSSR count). The summed E-state index contributed by atoms with van der Waals surface area (Å²) in [6, 6.07) is 17.2. The summed E-state index contributed by atoms with van der Waals surface area (Å²) in [6.45, 7) is 4.05. The van der Waals surface area contributed by atoms with E-state index < -0.39 is 17.8 Å². The Morgan fingerprint density at radius 3 is 2.49 bits per heavy atom. The summed E-state index contributed by atoms with van der Waals surface area (Å²) in [5, 5.41) is 2.47. The fraction of sp³-hybridized carbons (Fsp3) is 0.148. The minimum atomic E-state index is -0.804. The van der Waals surface area contributed by atoms with Crippen LogP contribution in [0.3, 0.4) is 0 Å². The first-order valence-corrected chi connectivity index (χ1v) is 11.2. The Labute approximate surface area is 207 Å². The molecule has 0 unspecified atom stereocenters. The lowest BCUT2D eigenvalue weighted by molar-refractivity contribution is -0.122. The van der Waals surface area contributed by atoms with Crippen LogP contribution >= 0.6 is 11.6 Å². The van der Waals surface area contributed by atoms with Crippen molar-refractivity contribution in [1.29, 1.82) is 0 Å². The zero-order valence-corrected chi connectivity index (χ0v) is 20.2. The van der Waals surface area contributed by atoms with Crippen LogP contribution in [0.1, 0.15) is 22.3 Å². The molecule has 0 atom stereocenters. The van der Waals surface area contributed by atoms with E-state index in [0.29, 0.717) is 28.3 Å². The van der Waals surface area contributed by atoms with Crippen molar-refractivity contribution in [1.82, 2.24) is 5.32 Å². The number of hydrogen-bond acceptors (Lipinski definition) is 5. The number of carbonyl (C=O) groups is 3. The van der Waals surface area contributed by atoms with E-state index in [4.69, 9.17) is 21.1 Å². The Balaban J connectivity index is 1.65. The number of nitrogens with zero attached hydrogens (tertiary/aromatic N) is 1. The average molecular weight is 491 g/mol. The summed E-state index contributed by atoms with van der Waals surface area (Å²) >= 11 is 6.49. The van der Waals surface area contributed by atoms with Crippen LogP contribution in [0.5, 0.6) is 11.5 Å². The number of nitrogens with one attached hydrogen (secondary N) is 1. The van der Waals surface area contributed by atoms with Gasteiger partial charge in [-0.15, -0.1) is 0 Å². The van der Waals surface area contributed by atoms with Crippen molar-refractivity contribution in [2.45, 2.75) is 20.5 Å². The Bertz CT molecular complexity index is 1370. The van der Waals surface area contributed by atoms with Crippen molar-refractivity contribution in [3.8, 4) is 11.5 Å². The Morgan fingerprint density at radius 2 is 1.77 bits per heavy atom. The predicted octanol–water partition coefficient (Wildman–Crippen LogP) is 5.21. The van der Waals surface area contributed by atoms with Gasteiger partial charge in [0.1, 0.15) is 12.2 Å². The van der Waals surface area contributed by atoms with Gasteiger partial charge < -0.3 is 9.47 Å². The van der Waals surface area contributed by atoms with E-state index in [1.165, 1.54) is 13.2 Å². The lowest BCUT2D eigenvalue weighted by Gasteiger charge is -2.27. The van der Waals surface area contributed by atoms with Crippen molar-refractivity contribution in [3.63, 3.8) is 0 Å². The van der Waals surface area contributed by atoms with Gasteiger partial charge >= 0.3 is 6.03 Å². The molecule has 0 spiro atoms. The minimum Gasteiger partial charge on any atom is -0.493 e. The Hall–Kier alpha value is -4.10. The summed E-state index contributed by atoms with van der Waals surface area (Å²) in [5.41, 5.74) is 3.42. The molecule has 1 fully saturated rings. The van der Waals surface area contributed by atoms with Crippen LogP contribution in [0.2, 0.25) is 5.02 Å². The average Bonchev–Trinajstić information content (AvgIpc) is 2.82. The lowest BCUT2D eigenvalue weighted by atomic mass is 10.1. The van der Waals surface area contributed by atoms with E-state index in [1.54, 1.807) is 43.3 Å². The number of anilines is 1. The van der Waals surface area contributed by atoms with Crippen LogP contribution in [0, 0.1) is 13.8 Å². The molecule has 3 aromatic rings. The van der Waals surface area contributed by atoms with Crippen LogP contribution in [0.25, 0.3) is 6.08 Å². The van der Waals surface area contributed by atoms with Gasteiger partial charge in [0.05, 0.1) is 17.8 Å². The third kappa shape index (κ3) is 5.05. The maximum atomic E-state index is 13.2. The zero-order chi connectivity index (χ0) is 25.1. The molecular formula is C27H23ClN2O5. The second-order valence-electron chi connectivity index (χ2n) is 8.06. The summed E-state index contributed by atoms with van der Waals surface area (Å²) in [4.78, 5) is 39.1. The van der Waals surface area contributed by atoms with E-state index in [9.17, 15) is 14.4 Å². The number of methoxy groups -OCH3 is 1. The summed E-state index contributed by atoms with van der Waals surface area (Å²) < 4.78 is 11.4. The number of carbonyl (C=O) groups excluding carboxylic acids is 3. The molecule has 0 aliphatic carbocycles. The molecular weight excluding hydrogens is 468 g/mol. The number of ether oxygens (including phenoxy) is 2. The van der Waals surface area contributed by atoms with Gasteiger partial charge in [-0.05, 0) is 54.8 Å². The number of hydrogen-bond donors (Lipinski definition) is 1. The van der Waals surface area contributed by atoms with Gasteiger partial charge in [-0.3, -0.25) is 14.9 Å². The Morgan fingerprint density at radius 1 is 1.00 bits per heavy atom. The number of rotatable bonds is 6. The van der Waals surface area contributed by atoms with E-state index >= 15 is 0 Å². The number of imide groups is 2. The standard InChI is InChI=1S/C27H23ClN2O5/c1-16-7-6-9-18(11-16)15-35-24-21(28)13-19(14-23(24)34-3)12-20-25(31)29-27(33)30(26(20)32)22-10-5-4-8-17(22)2/h4-14H,15H2,1-3H3,(H,29,31,33)/b20-12+. The van der Waals surface area contributed by atoms with Crippen molar-refractivity contribution in [2.75, 3.05) is 12.0 Å². The molecule has 7 nitrogen and oxygen atoms in total. The number of amides is 4. The van der Waals surface area contributed by atoms with Gasteiger partial charge in [-0.2, -0.15) is 0 Å². The van der Waals surface area contributed by atoms with E-state index in [0.717, 1.165) is 16.0 Å². The third-order valence-corrected chi connectivity index (χ3v) is 5.77. The number of halogens is 1. The SMILES string of the molecule is COc1cc(/C=C2\C(=O)NC(=O)N(c3ccccc3C)C2=O)cc(Cl)c1OCc1cccc(C)c1. The van der Waals surface area contributed by atoms with Gasteiger partial charge in [0, 0.05) is 0 Å². The molecule has 0 saturated carbocycles. The first-order chi connectivity index (χ1) is 16.8. The molecule has 8 heteroatoms. The van der Waals surface area contributed by atoms with Crippen molar-refractivity contribution < 1.29 is 23.9 Å². The maximum Gasteiger partial charge on any atom is 0.335 e. The number of urea groups is 1. The topological polar surface area (TPSA) is 84.9 Å². The molecule has 1 N–H and O–H groups in total. The molecule has 1 aliphatic rings. The molecule has 1 aliphatic heterocycles. The largest absolute Gasteiger partial charge is 0.493 e. The van der Waals surface area contributed by atoms with Crippen molar-refractivity contribution in [2.24, 2.45) is 0 Å². The zero-order valence-electron chi connectivity index (χ0n) is 19.4. The van der Waals surface area contributed by atoms with Gasteiger partial charge in [-0.1, -0.05) is 59.6 Å². The summed E-state index contributed by atoms with van der Waals surface area (Å²) in [7, 11) is 1.47. The maximum absolute atomic E-state index is 13.2. The number of aryl methyl sites for hydroxylation is 2. The van der Waals surface area contributed by atoms with Crippen LogP contribution < -0.4 is 19.7 Å². The third-order valence-electron chi connectivity index (χ3n) is 5.49. The highest BCUT2D eigenvalue weighted by Gasteiger charge is 2.37. The molecule has 35 heavy (non-hydrogen) atoms. The molecule has 4 amide bonds. The summed E-state index contributed by atoms with van der Waals surface area (Å²) in [5.74, 6) is -0.843. The van der Waals surface area contributed by atoms with Gasteiger partial charge in [0.2, 0.25) is 0 Å². The number of benzene rings is 3. The lowest BCUT2D eigenvalue weighted by Crippen LogP contribution is -2.54. The molecule has 1 heterocycles. The van der Waals surface area contributed by atoms with E-state index in [2.05, 4.69) is 5.32 Å². The van der Waals surface area contributed by atoms with Crippen LogP contribution in [-0.2, 0) is 16.2 Å². The normalized spacial score (nSPS) is 14.8. The first-order valence-electron chi connectivity index (χ1n) is 10.8. The van der Waals surface area contributed by atoms with Gasteiger partial charge in [0.25, 0.3) is 11.8 Å².